The van der Waals surface area contributed by atoms with Gasteiger partial charge in [-0.2, -0.15) is 0 Å². The van der Waals surface area contributed by atoms with Gasteiger partial charge in [0.05, 0.1) is 12.6 Å². The Balaban J connectivity index is 1.47. The van der Waals surface area contributed by atoms with Crippen LogP contribution in [0.15, 0.2) is 24.3 Å². The molecule has 2 fully saturated rings. The molecule has 9 heteroatoms. The van der Waals surface area contributed by atoms with Crippen molar-refractivity contribution < 1.29 is 23.9 Å². The van der Waals surface area contributed by atoms with E-state index in [0.29, 0.717) is 25.3 Å². The zero-order valence-corrected chi connectivity index (χ0v) is 23.6. The summed E-state index contributed by atoms with van der Waals surface area (Å²) < 4.78 is 12.7. The third-order valence-corrected chi connectivity index (χ3v) is 7.73. The number of nitrogens with one attached hydrogen (secondary N) is 1. The molecule has 1 aromatic carbocycles. The highest BCUT2D eigenvalue weighted by Gasteiger charge is 2.38. The quantitative estimate of drug-likeness (QED) is 0.626. The largest absolute Gasteiger partial charge is 0.497 e. The van der Waals surface area contributed by atoms with Gasteiger partial charge < -0.3 is 29.2 Å². The summed E-state index contributed by atoms with van der Waals surface area (Å²) in [6.45, 7) is 8.68. The molecule has 0 spiro atoms. The molecule has 2 heterocycles. The molecule has 38 heavy (non-hydrogen) atoms. The van der Waals surface area contributed by atoms with Gasteiger partial charge in [-0.1, -0.05) is 19.3 Å². The average Bonchev–Trinajstić information content (AvgIpc) is 3.21. The summed E-state index contributed by atoms with van der Waals surface area (Å²) in [5.41, 5.74) is 0.890. The lowest BCUT2D eigenvalue weighted by Gasteiger charge is -2.42. The summed E-state index contributed by atoms with van der Waals surface area (Å²) in [6, 6.07) is 6.89. The molecular weight excluding hydrogens is 484 g/mol. The number of ether oxygens (including phenoxy) is 2. The number of alkyl carbamates (subject to hydrolysis) is 1. The van der Waals surface area contributed by atoms with Crippen LogP contribution in [0.4, 0.5) is 4.79 Å². The summed E-state index contributed by atoms with van der Waals surface area (Å²) in [7, 11) is 3.51. The molecule has 3 amide bonds. The van der Waals surface area contributed by atoms with Crippen LogP contribution < -0.4 is 10.1 Å². The summed E-state index contributed by atoms with van der Waals surface area (Å²) >= 11 is 0. The van der Waals surface area contributed by atoms with Gasteiger partial charge in [-0.05, 0) is 64.7 Å². The van der Waals surface area contributed by atoms with Gasteiger partial charge in [0.15, 0.2) is 0 Å². The molecule has 2 aliphatic rings. The molecule has 2 atom stereocenters. The molecule has 208 valence electrons. The van der Waals surface area contributed by atoms with E-state index in [0.717, 1.165) is 48.8 Å². The van der Waals surface area contributed by atoms with E-state index in [2.05, 4.69) is 5.32 Å². The molecule has 0 bridgehead atoms. The number of carbonyl (C=O) groups excluding carboxylic acids is 3. The Morgan fingerprint density at radius 1 is 1.05 bits per heavy atom. The Labute approximate surface area is 225 Å². The standard InChI is InChI=1S/C29H42N4O5/c1-19-18-32(27(35)25(20-10-8-7-9-11-20)30-28(36)38-29(2,3)4)14-15-33(19)26(34)24-16-21-12-13-22(37-6)17-23(21)31(24)5/h12-13,16-17,19-20,25H,7-11,14-15,18H2,1-6H3,(H,30,36)/t19-,25-/m0/s1. The zero-order chi connectivity index (χ0) is 27.6. The van der Waals surface area contributed by atoms with Crippen molar-refractivity contribution in [3.8, 4) is 5.75 Å². The van der Waals surface area contributed by atoms with Crippen molar-refractivity contribution in [2.24, 2.45) is 13.0 Å². The van der Waals surface area contributed by atoms with Crippen molar-refractivity contribution in [1.29, 1.82) is 0 Å². The predicted molar refractivity (Wildman–Crippen MR) is 146 cm³/mol. The summed E-state index contributed by atoms with van der Waals surface area (Å²) in [5.74, 6) is 0.689. The molecule has 1 N–H and O–H groups in total. The first kappa shape index (κ1) is 27.8. The number of aromatic nitrogens is 1. The lowest BCUT2D eigenvalue weighted by Crippen LogP contribution is -2.60. The molecule has 1 saturated heterocycles. The van der Waals surface area contributed by atoms with E-state index in [1.54, 1.807) is 12.0 Å². The van der Waals surface area contributed by atoms with Crippen LogP contribution >= 0.6 is 0 Å². The second-order valence-corrected chi connectivity index (χ2v) is 11.7. The Bertz CT molecular complexity index is 1180. The number of amides is 3. The van der Waals surface area contributed by atoms with E-state index in [4.69, 9.17) is 9.47 Å². The van der Waals surface area contributed by atoms with Gasteiger partial charge in [-0.25, -0.2) is 4.79 Å². The molecule has 2 aromatic rings. The topological polar surface area (TPSA) is 93.1 Å². The average molecular weight is 527 g/mol. The lowest BCUT2D eigenvalue weighted by molar-refractivity contribution is -0.137. The third kappa shape index (κ3) is 6.08. The lowest BCUT2D eigenvalue weighted by atomic mass is 9.83. The minimum absolute atomic E-state index is 0.0574. The smallest absolute Gasteiger partial charge is 0.408 e. The molecule has 0 unspecified atom stereocenters. The van der Waals surface area contributed by atoms with Gasteiger partial charge >= 0.3 is 6.09 Å². The fourth-order valence-electron chi connectivity index (χ4n) is 5.73. The fourth-order valence-corrected chi connectivity index (χ4v) is 5.73. The first-order chi connectivity index (χ1) is 18.0. The van der Waals surface area contributed by atoms with E-state index in [1.165, 1.54) is 0 Å². The highest BCUT2D eigenvalue weighted by atomic mass is 16.6. The number of carbonyl (C=O) groups is 3. The number of hydrogen-bond acceptors (Lipinski definition) is 5. The van der Waals surface area contributed by atoms with Crippen LogP contribution in [-0.4, -0.2) is 76.7 Å². The van der Waals surface area contributed by atoms with E-state index in [1.807, 2.05) is 68.5 Å². The maximum atomic E-state index is 13.8. The molecule has 1 aromatic heterocycles. The monoisotopic (exact) mass is 526 g/mol. The van der Waals surface area contributed by atoms with Gasteiger partial charge in [0, 0.05) is 44.2 Å². The highest BCUT2D eigenvalue weighted by Crippen LogP contribution is 2.29. The molecule has 1 aliphatic heterocycles. The van der Waals surface area contributed by atoms with Crippen molar-refractivity contribution in [3.05, 3.63) is 30.0 Å². The van der Waals surface area contributed by atoms with Crippen LogP contribution in [0.25, 0.3) is 10.9 Å². The highest BCUT2D eigenvalue weighted by molar-refractivity contribution is 5.99. The molecule has 4 rings (SSSR count). The number of benzene rings is 1. The predicted octanol–water partition coefficient (Wildman–Crippen LogP) is 4.33. The van der Waals surface area contributed by atoms with E-state index in [9.17, 15) is 14.4 Å². The van der Waals surface area contributed by atoms with E-state index in [-0.39, 0.29) is 23.8 Å². The van der Waals surface area contributed by atoms with Crippen LogP contribution in [0.1, 0.15) is 70.3 Å². The van der Waals surface area contributed by atoms with Crippen molar-refractivity contribution in [1.82, 2.24) is 19.7 Å². The number of nitrogens with zero attached hydrogens (tertiary/aromatic N) is 3. The van der Waals surface area contributed by atoms with Gasteiger partial charge in [0.25, 0.3) is 5.91 Å². The number of methoxy groups -OCH3 is 1. The molecule has 1 aliphatic carbocycles. The van der Waals surface area contributed by atoms with Crippen LogP contribution in [0.2, 0.25) is 0 Å². The molecule has 1 saturated carbocycles. The maximum absolute atomic E-state index is 13.8. The first-order valence-electron chi connectivity index (χ1n) is 13.7. The Hall–Kier alpha value is -3.23. The third-order valence-electron chi connectivity index (χ3n) is 7.73. The molecular formula is C29H42N4O5. The Kier molecular flexibility index (Phi) is 8.23. The fraction of sp³-hybridized carbons (Fsp3) is 0.621. The number of piperazine rings is 1. The SMILES string of the molecule is COc1ccc2cc(C(=O)N3CCN(C(=O)[C@@H](NC(=O)OC(C)(C)C)C4CCCCC4)C[C@@H]3C)n(C)c2c1. The Morgan fingerprint density at radius 3 is 2.39 bits per heavy atom. The van der Waals surface area contributed by atoms with Crippen LogP contribution in [0.5, 0.6) is 5.75 Å². The van der Waals surface area contributed by atoms with Gasteiger partial charge in [0.2, 0.25) is 5.91 Å². The summed E-state index contributed by atoms with van der Waals surface area (Å²) in [5, 5.41) is 3.87. The zero-order valence-electron chi connectivity index (χ0n) is 23.6. The number of rotatable bonds is 5. The number of hydrogen-bond donors (Lipinski definition) is 1. The normalized spacial score (nSPS) is 19.8. The number of fused-ring (bicyclic) bond motifs is 1. The van der Waals surface area contributed by atoms with Crippen molar-refractivity contribution >= 4 is 28.8 Å². The first-order valence-corrected chi connectivity index (χ1v) is 13.7. The maximum Gasteiger partial charge on any atom is 0.408 e. The summed E-state index contributed by atoms with van der Waals surface area (Å²) in [6.07, 6.45) is 4.52. The molecule has 0 radical (unpaired) electrons. The second kappa shape index (κ2) is 11.3. The molecule has 9 nitrogen and oxygen atoms in total. The van der Waals surface area contributed by atoms with E-state index >= 15 is 0 Å². The second-order valence-electron chi connectivity index (χ2n) is 11.7. The van der Waals surface area contributed by atoms with Gasteiger partial charge in [-0.3, -0.25) is 9.59 Å². The summed E-state index contributed by atoms with van der Waals surface area (Å²) in [4.78, 5) is 43.6. The van der Waals surface area contributed by atoms with Crippen LogP contribution in [-0.2, 0) is 16.6 Å². The van der Waals surface area contributed by atoms with Gasteiger partial charge in [-0.15, -0.1) is 0 Å². The van der Waals surface area contributed by atoms with Crippen LogP contribution in [0, 0.1) is 5.92 Å². The minimum Gasteiger partial charge on any atom is -0.497 e. The van der Waals surface area contributed by atoms with Crippen molar-refractivity contribution in [2.45, 2.75) is 77.5 Å². The van der Waals surface area contributed by atoms with E-state index < -0.39 is 17.7 Å². The van der Waals surface area contributed by atoms with Crippen LogP contribution in [0.3, 0.4) is 0 Å². The minimum atomic E-state index is -0.641. The van der Waals surface area contributed by atoms with Crippen molar-refractivity contribution in [3.63, 3.8) is 0 Å². The van der Waals surface area contributed by atoms with Gasteiger partial charge in [0.1, 0.15) is 23.1 Å². The van der Waals surface area contributed by atoms with Crippen molar-refractivity contribution in [2.75, 3.05) is 26.7 Å². The number of aryl methyl sites for hydroxylation is 1. The Morgan fingerprint density at radius 2 is 1.76 bits per heavy atom.